The van der Waals surface area contributed by atoms with Crippen LogP contribution in [0.1, 0.15) is 35.2 Å². The summed E-state index contributed by atoms with van der Waals surface area (Å²) in [5, 5.41) is 11.9. The molecule has 2 N–H and O–H groups in total. The van der Waals surface area contributed by atoms with Gasteiger partial charge in [-0.1, -0.05) is 12.1 Å². The zero-order valence-corrected chi connectivity index (χ0v) is 12.2. The molecule has 1 aliphatic carbocycles. The number of aromatic carboxylic acids is 1. The van der Waals surface area contributed by atoms with E-state index in [0.717, 1.165) is 25.9 Å². The van der Waals surface area contributed by atoms with Crippen LogP contribution in [-0.2, 0) is 16.0 Å². The van der Waals surface area contributed by atoms with E-state index in [1.54, 1.807) is 25.3 Å². The first-order valence-corrected chi connectivity index (χ1v) is 7.13. The molecule has 0 saturated heterocycles. The van der Waals surface area contributed by atoms with Gasteiger partial charge in [0.1, 0.15) is 0 Å². The summed E-state index contributed by atoms with van der Waals surface area (Å²) in [6.07, 6.45) is 3.44. The van der Waals surface area contributed by atoms with Gasteiger partial charge in [-0.05, 0) is 42.4 Å². The fraction of sp³-hybridized carbons (Fsp3) is 0.500. The predicted molar refractivity (Wildman–Crippen MR) is 78.3 cm³/mol. The van der Waals surface area contributed by atoms with Gasteiger partial charge in [0.2, 0.25) is 5.91 Å². The van der Waals surface area contributed by atoms with Crippen molar-refractivity contribution in [2.75, 3.05) is 20.3 Å². The van der Waals surface area contributed by atoms with Crippen molar-refractivity contribution in [2.45, 2.75) is 25.7 Å². The molecular formula is C16H21NO4. The van der Waals surface area contributed by atoms with Gasteiger partial charge < -0.3 is 15.2 Å². The Hall–Kier alpha value is -1.88. The van der Waals surface area contributed by atoms with Crippen molar-refractivity contribution in [3.05, 3.63) is 35.4 Å². The largest absolute Gasteiger partial charge is 0.478 e. The van der Waals surface area contributed by atoms with Crippen LogP contribution in [0.25, 0.3) is 0 Å². The molecule has 1 aliphatic rings. The zero-order chi connectivity index (χ0) is 15.3. The average molecular weight is 291 g/mol. The van der Waals surface area contributed by atoms with Gasteiger partial charge in [0.15, 0.2) is 0 Å². The lowest BCUT2D eigenvalue weighted by molar-refractivity contribution is -0.120. The molecule has 5 nitrogen and oxygen atoms in total. The van der Waals surface area contributed by atoms with Crippen LogP contribution in [-0.4, -0.2) is 37.2 Å². The maximum absolute atomic E-state index is 12.0. The predicted octanol–water partition coefficient (Wildman–Crippen LogP) is 1.86. The molecule has 114 valence electrons. The van der Waals surface area contributed by atoms with Crippen molar-refractivity contribution in [3.63, 3.8) is 0 Å². The number of methoxy groups -OCH3 is 1. The first-order valence-electron chi connectivity index (χ1n) is 7.13. The maximum Gasteiger partial charge on any atom is 0.335 e. The number of nitrogens with one attached hydrogen (secondary N) is 1. The second kappa shape index (κ2) is 6.72. The highest BCUT2D eigenvalue weighted by Gasteiger charge is 2.41. The van der Waals surface area contributed by atoms with Crippen LogP contribution >= 0.6 is 0 Å². The van der Waals surface area contributed by atoms with E-state index in [1.165, 1.54) is 6.07 Å². The van der Waals surface area contributed by atoms with Crippen LogP contribution in [0.2, 0.25) is 0 Å². The van der Waals surface area contributed by atoms with Crippen molar-refractivity contribution in [1.82, 2.24) is 5.32 Å². The summed E-state index contributed by atoms with van der Waals surface area (Å²) in [4.78, 5) is 22.8. The lowest BCUT2D eigenvalue weighted by Crippen LogP contribution is -2.32. The first kappa shape index (κ1) is 15.5. The van der Waals surface area contributed by atoms with Crippen LogP contribution in [0.15, 0.2) is 24.3 Å². The van der Waals surface area contributed by atoms with Gasteiger partial charge in [-0.15, -0.1) is 0 Å². The SMILES string of the molecule is COCCC1(CNC(=O)Cc2cccc(C(=O)O)c2)CC1. The second-order valence-corrected chi connectivity index (χ2v) is 5.70. The third-order valence-electron chi connectivity index (χ3n) is 3.99. The number of carbonyl (C=O) groups excluding carboxylic acids is 1. The minimum absolute atomic E-state index is 0.0683. The molecule has 2 rings (SSSR count). The highest BCUT2D eigenvalue weighted by molar-refractivity contribution is 5.88. The summed E-state index contributed by atoms with van der Waals surface area (Å²) in [6, 6.07) is 6.49. The van der Waals surface area contributed by atoms with Gasteiger partial charge in [0.25, 0.3) is 0 Å². The number of hydrogen-bond donors (Lipinski definition) is 2. The number of carbonyl (C=O) groups is 2. The Morgan fingerprint density at radius 1 is 1.38 bits per heavy atom. The number of ether oxygens (including phenoxy) is 1. The second-order valence-electron chi connectivity index (χ2n) is 5.70. The molecule has 5 heteroatoms. The summed E-state index contributed by atoms with van der Waals surface area (Å²) in [6.45, 7) is 1.39. The molecular weight excluding hydrogens is 270 g/mol. The van der Waals surface area contributed by atoms with Crippen molar-refractivity contribution in [3.8, 4) is 0 Å². The van der Waals surface area contributed by atoms with Crippen LogP contribution in [0, 0.1) is 5.41 Å². The first-order chi connectivity index (χ1) is 10.0. The smallest absolute Gasteiger partial charge is 0.335 e. The Labute approximate surface area is 124 Å². The van der Waals surface area contributed by atoms with Crippen molar-refractivity contribution in [1.29, 1.82) is 0 Å². The lowest BCUT2D eigenvalue weighted by atomic mass is 10.0. The van der Waals surface area contributed by atoms with Gasteiger partial charge in [-0.2, -0.15) is 0 Å². The van der Waals surface area contributed by atoms with Crippen molar-refractivity contribution < 1.29 is 19.4 Å². The van der Waals surface area contributed by atoms with Gasteiger partial charge in [-0.3, -0.25) is 4.79 Å². The number of carboxylic acids is 1. The number of amides is 1. The monoisotopic (exact) mass is 291 g/mol. The molecule has 1 saturated carbocycles. The molecule has 1 amide bonds. The third-order valence-corrected chi connectivity index (χ3v) is 3.99. The Bertz CT molecular complexity index is 523. The molecule has 21 heavy (non-hydrogen) atoms. The fourth-order valence-corrected chi connectivity index (χ4v) is 2.36. The summed E-state index contributed by atoms with van der Waals surface area (Å²) < 4.78 is 5.09. The fourth-order valence-electron chi connectivity index (χ4n) is 2.36. The summed E-state index contributed by atoms with van der Waals surface area (Å²) in [7, 11) is 1.68. The van der Waals surface area contributed by atoms with Gasteiger partial charge in [-0.25, -0.2) is 4.79 Å². The van der Waals surface area contributed by atoms with E-state index in [4.69, 9.17) is 9.84 Å². The molecule has 0 spiro atoms. The maximum atomic E-state index is 12.0. The van der Waals surface area contributed by atoms with Crippen LogP contribution in [0.4, 0.5) is 0 Å². The van der Waals surface area contributed by atoms with E-state index >= 15 is 0 Å². The minimum atomic E-state index is -0.978. The highest BCUT2D eigenvalue weighted by atomic mass is 16.5. The summed E-state index contributed by atoms with van der Waals surface area (Å²) in [5.41, 5.74) is 1.14. The molecule has 1 aromatic carbocycles. The highest BCUT2D eigenvalue weighted by Crippen LogP contribution is 2.48. The summed E-state index contributed by atoms with van der Waals surface area (Å²) in [5.74, 6) is -1.05. The standard InChI is InChI=1S/C16H21NO4/c1-21-8-7-16(5-6-16)11-17-14(18)10-12-3-2-4-13(9-12)15(19)20/h2-4,9H,5-8,10-11H2,1H3,(H,17,18)(H,19,20). The molecule has 0 bridgehead atoms. The number of rotatable bonds is 8. The molecule has 0 unspecified atom stereocenters. The van der Waals surface area contributed by atoms with Crippen molar-refractivity contribution in [2.24, 2.45) is 5.41 Å². The summed E-state index contributed by atoms with van der Waals surface area (Å²) >= 11 is 0. The van der Waals surface area contributed by atoms with Gasteiger partial charge >= 0.3 is 5.97 Å². The molecule has 0 aromatic heterocycles. The van der Waals surface area contributed by atoms with E-state index in [1.807, 2.05) is 0 Å². The topological polar surface area (TPSA) is 75.6 Å². The molecule has 0 aliphatic heterocycles. The van der Waals surface area contributed by atoms with E-state index in [-0.39, 0.29) is 23.3 Å². The number of benzene rings is 1. The van der Waals surface area contributed by atoms with E-state index in [2.05, 4.69) is 5.32 Å². The quantitative estimate of drug-likeness (QED) is 0.766. The van der Waals surface area contributed by atoms with E-state index in [0.29, 0.717) is 12.1 Å². The zero-order valence-electron chi connectivity index (χ0n) is 12.2. The normalized spacial score (nSPS) is 15.5. The Kier molecular flexibility index (Phi) is 4.96. The van der Waals surface area contributed by atoms with E-state index in [9.17, 15) is 9.59 Å². The van der Waals surface area contributed by atoms with Crippen LogP contribution in [0.5, 0.6) is 0 Å². The third kappa shape index (κ3) is 4.56. The van der Waals surface area contributed by atoms with Gasteiger partial charge in [0, 0.05) is 20.3 Å². The Morgan fingerprint density at radius 2 is 2.14 bits per heavy atom. The van der Waals surface area contributed by atoms with E-state index < -0.39 is 5.97 Å². The molecule has 1 aromatic rings. The molecule has 0 radical (unpaired) electrons. The number of hydrogen-bond acceptors (Lipinski definition) is 3. The van der Waals surface area contributed by atoms with Crippen LogP contribution in [0.3, 0.4) is 0 Å². The Balaban J connectivity index is 1.82. The minimum Gasteiger partial charge on any atom is -0.478 e. The Morgan fingerprint density at radius 3 is 2.76 bits per heavy atom. The van der Waals surface area contributed by atoms with Gasteiger partial charge in [0.05, 0.1) is 12.0 Å². The van der Waals surface area contributed by atoms with Crippen LogP contribution < -0.4 is 5.32 Å². The molecule has 0 atom stereocenters. The average Bonchev–Trinajstić information content (AvgIpc) is 3.24. The van der Waals surface area contributed by atoms with Crippen molar-refractivity contribution >= 4 is 11.9 Å². The number of carboxylic acid groups (broad SMARTS) is 1. The molecule has 0 heterocycles. The molecule has 1 fully saturated rings. The lowest BCUT2D eigenvalue weighted by Gasteiger charge is -2.15.